The Labute approximate surface area is 106 Å². The van der Waals surface area contributed by atoms with Crippen molar-refractivity contribution in [1.82, 2.24) is 5.32 Å². The molecule has 1 N–H and O–H groups in total. The number of nitro groups is 1. The molecule has 0 radical (unpaired) electrons. The van der Waals surface area contributed by atoms with E-state index in [1.54, 1.807) is 12.1 Å². The SMILES string of the molecule is CCNC(Cc1ccc([N+](=O)[O-])cc1)C(=O)CC. The van der Waals surface area contributed by atoms with Crippen LogP contribution in [0.1, 0.15) is 25.8 Å². The predicted octanol–water partition coefficient (Wildman–Crippen LogP) is 2.09. The monoisotopic (exact) mass is 250 g/mol. The lowest BCUT2D eigenvalue weighted by Gasteiger charge is -2.15. The average molecular weight is 250 g/mol. The quantitative estimate of drug-likeness (QED) is 0.594. The molecule has 98 valence electrons. The van der Waals surface area contributed by atoms with Crippen LogP contribution in [0.5, 0.6) is 0 Å². The number of non-ortho nitro benzene ring substituents is 1. The molecule has 0 saturated carbocycles. The number of nitrogens with zero attached hydrogens (tertiary/aromatic N) is 1. The molecule has 1 atom stereocenters. The van der Waals surface area contributed by atoms with Gasteiger partial charge in [-0.05, 0) is 18.5 Å². The molecule has 0 heterocycles. The zero-order chi connectivity index (χ0) is 13.5. The van der Waals surface area contributed by atoms with Gasteiger partial charge in [-0.2, -0.15) is 0 Å². The van der Waals surface area contributed by atoms with Crippen LogP contribution in [0.3, 0.4) is 0 Å². The number of carbonyl (C=O) groups is 1. The summed E-state index contributed by atoms with van der Waals surface area (Å²) in [5.74, 6) is 0.162. The molecule has 1 aromatic rings. The van der Waals surface area contributed by atoms with E-state index >= 15 is 0 Å². The van der Waals surface area contributed by atoms with Gasteiger partial charge in [0.05, 0.1) is 11.0 Å². The number of benzene rings is 1. The number of ketones is 1. The van der Waals surface area contributed by atoms with Crippen LogP contribution in [-0.2, 0) is 11.2 Å². The van der Waals surface area contributed by atoms with E-state index in [0.29, 0.717) is 12.8 Å². The van der Waals surface area contributed by atoms with Crippen molar-refractivity contribution in [1.29, 1.82) is 0 Å². The smallest absolute Gasteiger partial charge is 0.269 e. The fourth-order valence-corrected chi connectivity index (χ4v) is 1.78. The minimum atomic E-state index is -0.428. The van der Waals surface area contributed by atoms with E-state index < -0.39 is 4.92 Å². The highest BCUT2D eigenvalue weighted by Crippen LogP contribution is 2.13. The van der Waals surface area contributed by atoms with E-state index in [1.807, 2.05) is 13.8 Å². The number of hydrogen-bond donors (Lipinski definition) is 1. The molecular formula is C13H18N2O3. The van der Waals surface area contributed by atoms with Gasteiger partial charge in [-0.25, -0.2) is 0 Å². The Bertz CT molecular complexity index is 415. The van der Waals surface area contributed by atoms with Crippen molar-refractivity contribution < 1.29 is 9.72 Å². The molecule has 18 heavy (non-hydrogen) atoms. The topological polar surface area (TPSA) is 72.2 Å². The van der Waals surface area contributed by atoms with Crippen molar-refractivity contribution in [2.75, 3.05) is 6.54 Å². The molecular weight excluding hydrogens is 232 g/mol. The van der Waals surface area contributed by atoms with Gasteiger partial charge >= 0.3 is 0 Å². The number of rotatable bonds is 7. The van der Waals surface area contributed by atoms with Gasteiger partial charge < -0.3 is 5.32 Å². The molecule has 0 aliphatic carbocycles. The van der Waals surface area contributed by atoms with Gasteiger partial charge in [-0.1, -0.05) is 26.0 Å². The number of likely N-dealkylation sites (N-methyl/N-ethyl adjacent to an activating group) is 1. The van der Waals surface area contributed by atoms with Crippen molar-refractivity contribution in [2.24, 2.45) is 0 Å². The number of Topliss-reactive ketones (excluding diaryl/α,β-unsaturated/α-hetero) is 1. The fraction of sp³-hybridized carbons (Fsp3) is 0.462. The van der Waals surface area contributed by atoms with Gasteiger partial charge in [0, 0.05) is 18.6 Å². The van der Waals surface area contributed by atoms with Gasteiger partial charge in [-0.15, -0.1) is 0 Å². The summed E-state index contributed by atoms with van der Waals surface area (Å²) in [6.07, 6.45) is 1.06. The average Bonchev–Trinajstić information content (AvgIpc) is 2.38. The minimum absolute atomic E-state index is 0.0700. The Kier molecular flexibility index (Phi) is 5.45. The van der Waals surface area contributed by atoms with Crippen molar-refractivity contribution >= 4 is 11.5 Å². The van der Waals surface area contributed by atoms with Crippen LogP contribution in [-0.4, -0.2) is 23.3 Å². The summed E-state index contributed by atoms with van der Waals surface area (Å²) in [5, 5.41) is 13.7. The van der Waals surface area contributed by atoms with Crippen LogP contribution in [0, 0.1) is 10.1 Å². The molecule has 0 aromatic heterocycles. The third-order valence-corrected chi connectivity index (χ3v) is 2.77. The summed E-state index contributed by atoms with van der Waals surface area (Å²) in [5.41, 5.74) is 0.994. The van der Waals surface area contributed by atoms with Gasteiger partial charge in [0.15, 0.2) is 0 Å². The van der Waals surface area contributed by atoms with E-state index in [9.17, 15) is 14.9 Å². The number of nitro benzene ring substituents is 1. The number of nitrogens with one attached hydrogen (secondary N) is 1. The highest BCUT2D eigenvalue weighted by molar-refractivity contribution is 5.84. The summed E-state index contributed by atoms with van der Waals surface area (Å²) >= 11 is 0. The molecule has 1 aromatic carbocycles. The highest BCUT2D eigenvalue weighted by Gasteiger charge is 2.16. The second-order valence-electron chi connectivity index (χ2n) is 4.06. The lowest BCUT2D eigenvalue weighted by Crippen LogP contribution is -2.38. The standard InChI is InChI=1S/C13H18N2O3/c1-3-13(16)12(14-4-2)9-10-5-7-11(8-6-10)15(17)18/h5-8,12,14H,3-4,9H2,1-2H3. The van der Waals surface area contributed by atoms with Crippen LogP contribution in [0.2, 0.25) is 0 Å². The maximum atomic E-state index is 11.7. The molecule has 0 aliphatic heterocycles. The normalized spacial score (nSPS) is 12.1. The molecule has 0 amide bonds. The molecule has 0 bridgehead atoms. The maximum absolute atomic E-state index is 11.7. The van der Waals surface area contributed by atoms with Crippen molar-refractivity contribution in [3.05, 3.63) is 39.9 Å². The van der Waals surface area contributed by atoms with Crippen LogP contribution in [0.4, 0.5) is 5.69 Å². The van der Waals surface area contributed by atoms with E-state index in [1.165, 1.54) is 12.1 Å². The molecule has 0 aliphatic rings. The van der Waals surface area contributed by atoms with E-state index in [2.05, 4.69) is 5.32 Å². The first-order valence-corrected chi connectivity index (χ1v) is 6.07. The lowest BCUT2D eigenvalue weighted by atomic mass is 10.0. The van der Waals surface area contributed by atoms with Crippen molar-refractivity contribution in [3.8, 4) is 0 Å². The molecule has 0 saturated heterocycles. The highest BCUT2D eigenvalue weighted by atomic mass is 16.6. The summed E-state index contributed by atoms with van der Waals surface area (Å²) in [4.78, 5) is 21.8. The van der Waals surface area contributed by atoms with Crippen LogP contribution < -0.4 is 5.32 Å². The maximum Gasteiger partial charge on any atom is 0.269 e. The summed E-state index contributed by atoms with van der Waals surface area (Å²) in [6.45, 7) is 4.51. The number of carbonyl (C=O) groups excluding carboxylic acids is 1. The van der Waals surface area contributed by atoms with Crippen molar-refractivity contribution in [3.63, 3.8) is 0 Å². The van der Waals surface area contributed by atoms with Gasteiger partial charge in [0.2, 0.25) is 0 Å². The second kappa shape index (κ2) is 6.86. The molecule has 0 spiro atoms. The zero-order valence-corrected chi connectivity index (χ0v) is 10.7. The van der Waals surface area contributed by atoms with E-state index in [-0.39, 0.29) is 17.5 Å². The molecule has 5 nitrogen and oxygen atoms in total. The summed E-state index contributed by atoms with van der Waals surface area (Å²) in [7, 11) is 0. The van der Waals surface area contributed by atoms with E-state index in [0.717, 1.165) is 12.1 Å². The third-order valence-electron chi connectivity index (χ3n) is 2.77. The lowest BCUT2D eigenvalue weighted by molar-refractivity contribution is -0.384. The zero-order valence-electron chi connectivity index (χ0n) is 10.7. The van der Waals surface area contributed by atoms with Crippen LogP contribution in [0.25, 0.3) is 0 Å². The number of hydrogen-bond acceptors (Lipinski definition) is 4. The Morgan fingerprint density at radius 1 is 1.33 bits per heavy atom. The van der Waals surface area contributed by atoms with Crippen LogP contribution >= 0.6 is 0 Å². The Morgan fingerprint density at radius 3 is 2.39 bits per heavy atom. The molecule has 5 heteroatoms. The van der Waals surface area contributed by atoms with Crippen molar-refractivity contribution in [2.45, 2.75) is 32.7 Å². The first-order valence-electron chi connectivity index (χ1n) is 6.07. The summed E-state index contributed by atoms with van der Waals surface area (Å²) in [6, 6.07) is 6.13. The summed E-state index contributed by atoms with van der Waals surface area (Å²) < 4.78 is 0. The fourth-order valence-electron chi connectivity index (χ4n) is 1.78. The molecule has 1 rings (SSSR count). The Morgan fingerprint density at radius 2 is 1.94 bits per heavy atom. The first kappa shape index (κ1) is 14.3. The van der Waals surface area contributed by atoms with E-state index in [4.69, 9.17) is 0 Å². The largest absolute Gasteiger partial charge is 0.307 e. The third kappa shape index (κ3) is 3.92. The second-order valence-corrected chi connectivity index (χ2v) is 4.06. The molecule has 1 unspecified atom stereocenters. The van der Waals surface area contributed by atoms with Crippen LogP contribution in [0.15, 0.2) is 24.3 Å². The van der Waals surface area contributed by atoms with Gasteiger partial charge in [0.1, 0.15) is 5.78 Å². The first-order chi connectivity index (χ1) is 8.58. The van der Waals surface area contributed by atoms with Gasteiger partial charge in [-0.3, -0.25) is 14.9 Å². The van der Waals surface area contributed by atoms with Gasteiger partial charge in [0.25, 0.3) is 5.69 Å². The minimum Gasteiger partial charge on any atom is -0.307 e. The predicted molar refractivity (Wildman–Crippen MR) is 69.6 cm³/mol. The Balaban J connectivity index is 2.74. The Hall–Kier alpha value is -1.75. The molecule has 0 fully saturated rings.